The molecule has 1 aliphatic rings. The van der Waals surface area contributed by atoms with E-state index in [1.807, 2.05) is 17.9 Å². The summed E-state index contributed by atoms with van der Waals surface area (Å²) in [6.07, 6.45) is 5.36. The van der Waals surface area contributed by atoms with Crippen LogP contribution in [0.4, 0.5) is 5.82 Å². The van der Waals surface area contributed by atoms with Gasteiger partial charge in [0.2, 0.25) is 0 Å². The highest BCUT2D eigenvalue weighted by Gasteiger charge is 2.46. The Kier molecular flexibility index (Phi) is 2.35. The van der Waals surface area contributed by atoms with Crippen molar-refractivity contribution in [1.82, 2.24) is 9.55 Å². The molecule has 1 saturated heterocycles. The van der Waals surface area contributed by atoms with Gasteiger partial charge in [0, 0.05) is 19.4 Å². The number of hydrogen-bond donors (Lipinski definition) is 0. The number of aryl methyl sites for hydroxylation is 1. The molecule has 3 nitrogen and oxygen atoms in total. The zero-order valence-corrected chi connectivity index (χ0v) is 12.4. The van der Waals surface area contributed by atoms with Crippen molar-refractivity contribution < 1.29 is 0 Å². The van der Waals surface area contributed by atoms with Crippen LogP contribution in [0.25, 0.3) is 0 Å². The lowest BCUT2D eigenvalue weighted by molar-refractivity contribution is 0.913. The topological polar surface area (TPSA) is 21.1 Å². The van der Waals surface area contributed by atoms with E-state index in [2.05, 4.69) is 41.9 Å². The average Bonchev–Trinajstić information content (AvgIpc) is 2.52. The molecule has 0 amide bonds. The molecule has 1 aromatic heterocycles. The van der Waals surface area contributed by atoms with Gasteiger partial charge in [-0.15, -0.1) is 0 Å². The molecule has 0 bridgehead atoms. The minimum absolute atomic E-state index is 0.974. The Morgan fingerprint density at radius 2 is 1.93 bits per heavy atom. The number of hydrogen-bond acceptors (Lipinski definition) is 2. The first kappa shape index (κ1) is 10.9. The summed E-state index contributed by atoms with van der Waals surface area (Å²) in [7, 11) is -0.142. The largest absolute Gasteiger partial charge is 0.385 e. The smallest absolute Gasteiger partial charge is 0.149 e. The molecular formula is C10H21N3Si2. The highest BCUT2D eigenvalue weighted by molar-refractivity contribution is 7.02. The van der Waals surface area contributed by atoms with Crippen LogP contribution in [0.3, 0.4) is 0 Å². The fourth-order valence-corrected chi connectivity index (χ4v) is 18.2. The third-order valence-electron chi connectivity index (χ3n) is 3.20. The molecule has 0 saturated carbocycles. The van der Waals surface area contributed by atoms with Crippen molar-refractivity contribution in [3.8, 4) is 0 Å². The molecule has 5 heteroatoms. The monoisotopic (exact) mass is 239 g/mol. The number of anilines is 1. The van der Waals surface area contributed by atoms with Gasteiger partial charge in [-0.3, -0.25) is 0 Å². The van der Waals surface area contributed by atoms with Crippen LogP contribution in [0.15, 0.2) is 12.5 Å². The highest BCUT2D eigenvalue weighted by atomic mass is 28.4. The van der Waals surface area contributed by atoms with E-state index < -0.39 is 16.3 Å². The quantitative estimate of drug-likeness (QED) is 0.701. The van der Waals surface area contributed by atoms with Gasteiger partial charge in [0.05, 0.1) is 14.4 Å². The van der Waals surface area contributed by atoms with Gasteiger partial charge in [0.1, 0.15) is 14.1 Å². The molecule has 1 aromatic rings. The standard InChI is InChI=1S/C10H21N3Si2/c1-12-6-10(11-7-12)13-8-14(2,3)9-15(13,4)5/h6-7H,8-9H2,1-5H3. The van der Waals surface area contributed by atoms with Crippen molar-refractivity contribution in [2.45, 2.75) is 31.9 Å². The molecule has 84 valence electrons. The van der Waals surface area contributed by atoms with Crippen molar-refractivity contribution in [3.05, 3.63) is 12.5 Å². The van der Waals surface area contributed by atoms with Gasteiger partial charge in [-0.25, -0.2) is 4.98 Å². The number of nitrogens with zero attached hydrogens (tertiary/aromatic N) is 3. The molecule has 0 atom stereocenters. The fraction of sp³-hybridized carbons (Fsp3) is 0.700. The Labute approximate surface area is 94.2 Å². The van der Waals surface area contributed by atoms with Crippen molar-refractivity contribution in [2.75, 3.05) is 10.7 Å². The van der Waals surface area contributed by atoms with E-state index >= 15 is 0 Å². The predicted molar refractivity (Wildman–Crippen MR) is 70.3 cm³/mol. The van der Waals surface area contributed by atoms with E-state index in [0.29, 0.717) is 0 Å². The first-order valence-corrected chi connectivity index (χ1v) is 12.1. The SMILES string of the molecule is Cn1cnc(N2C[Si](C)(C)C[Si]2(C)C)c1. The zero-order chi connectivity index (χ0) is 11.3. The van der Waals surface area contributed by atoms with Gasteiger partial charge in [0.25, 0.3) is 0 Å². The van der Waals surface area contributed by atoms with Gasteiger partial charge in [0.15, 0.2) is 0 Å². The lowest BCUT2D eigenvalue weighted by Crippen LogP contribution is -2.43. The summed E-state index contributed by atoms with van der Waals surface area (Å²) in [5.74, 6) is 1.20. The summed E-state index contributed by atoms with van der Waals surface area (Å²) in [4.78, 5) is 4.50. The Morgan fingerprint density at radius 1 is 1.27 bits per heavy atom. The summed E-state index contributed by atoms with van der Waals surface area (Å²) in [6.45, 7) is 9.96. The van der Waals surface area contributed by atoms with Gasteiger partial charge in [-0.05, 0) is 5.67 Å². The summed E-state index contributed by atoms with van der Waals surface area (Å²) in [5.41, 5.74) is 1.50. The van der Waals surface area contributed by atoms with E-state index in [1.54, 1.807) is 0 Å². The summed E-state index contributed by atoms with van der Waals surface area (Å²) >= 11 is 0. The number of aromatic nitrogens is 2. The Morgan fingerprint density at radius 3 is 2.33 bits per heavy atom. The first-order chi connectivity index (χ1) is 6.80. The Bertz CT molecular complexity index is 370. The van der Waals surface area contributed by atoms with Crippen LogP contribution in [0.1, 0.15) is 0 Å². The average molecular weight is 239 g/mol. The molecule has 0 N–H and O–H groups in total. The van der Waals surface area contributed by atoms with Crippen molar-refractivity contribution in [3.63, 3.8) is 0 Å². The van der Waals surface area contributed by atoms with Crippen LogP contribution in [-0.4, -0.2) is 32.0 Å². The Balaban J connectivity index is 2.30. The molecule has 0 aliphatic carbocycles. The molecule has 2 heterocycles. The number of imidazole rings is 1. The Hall–Kier alpha value is -0.556. The molecule has 1 aliphatic heterocycles. The van der Waals surface area contributed by atoms with Gasteiger partial charge in [-0.1, -0.05) is 26.2 Å². The van der Waals surface area contributed by atoms with Crippen molar-refractivity contribution in [2.24, 2.45) is 7.05 Å². The minimum Gasteiger partial charge on any atom is -0.385 e. The second-order valence-corrected chi connectivity index (χ2v) is 16.4. The second kappa shape index (κ2) is 3.22. The fourth-order valence-electron chi connectivity index (χ4n) is 2.89. The highest BCUT2D eigenvalue weighted by Crippen LogP contribution is 2.34. The lowest BCUT2D eigenvalue weighted by Gasteiger charge is -2.29. The molecule has 0 aromatic carbocycles. The van der Waals surface area contributed by atoms with E-state index in [1.165, 1.54) is 17.7 Å². The summed E-state index contributed by atoms with van der Waals surface area (Å²) in [6, 6.07) is 0. The van der Waals surface area contributed by atoms with Crippen LogP contribution in [-0.2, 0) is 7.05 Å². The van der Waals surface area contributed by atoms with Crippen LogP contribution in [0.2, 0.25) is 31.9 Å². The maximum absolute atomic E-state index is 4.50. The van der Waals surface area contributed by atoms with E-state index in [0.717, 1.165) is 0 Å². The first-order valence-electron chi connectivity index (χ1n) is 5.56. The molecule has 15 heavy (non-hydrogen) atoms. The maximum Gasteiger partial charge on any atom is 0.149 e. The van der Waals surface area contributed by atoms with Crippen LogP contribution in [0, 0.1) is 0 Å². The predicted octanol–water partition coefficient (Wildman–Crippen LogP) is 2.23. The zero-order valence-electron chi connectivity index (χ0n) is 10.4. The molecule has 0 radical (unpaired) electrons. The van der Waals surface area contributed by atoms with Crippen molar-refractivity contribution >= 4 is 22.1 Å². The van der Waals surface area contributed by atoms with Crippen molar-refractivity contribution in [1.29, 1.82) is 0 Å². The summed E-state index contributed by atoms with van der Waals surface area (Å²) in [5, 5.41) is 0. The molecule has 0 spiro atoms. The number of rotatable bonds is 1. The van der Waals surface area contributed by atoms with E-state index in [4.69, 9.17) is 0 Å². The second-order valence-electron chi connectivity index (χ2n) is 6.14. The van der Waals surface area contributed by atoms with Crippen LogP contribution < -0.4 is 4.57 Å². The third-order valence-corrected chi connectivity index (χ3v) is 13.8. The van der Waals surface area contributed by atoms with E-state index in [9.17, 15) is 0 Å². The lowest BCUT2D eigenvalue weighted by atomic mass is 10.7. The maximum atomic E-state index is 4.50. The van der Waals surface area contributed by atoms with Gasteiger partial charge in [-0.2, -0.15) is 0 Å². The van der Waals surface area contributed by atoms with Gasteiger partial charge >= 0.3 is 0 Å². The summed E-state index contributed by atoms with van der Waals surface area (Å²) < 4.78 is 4.67. The normalized spacial score (nSPS) is 23.4. The van der Waals surface area contributed by atoms with Gasteiger partial charge < -0.3 is 9.13 Å². The molecule has 0 unspecified atom stereocenters. The molecule has 2 rings (SSSR count). The van der Waals surface area contributed by atoms with E-state index in [-0.39, 0.29) is 0 Å². The molecule has 1 fully saturated rings. The molecular weight excluding hydrogens is 218 g/mol. The van der Waals surface area contributed by atoms with Crippen LogP contribution in [0.5, 0.6) is 0 Å². The third kappa shape index (κ3) is 2.03. The van der Waals surface area contributed by atoms with Crippen LogP contribution >= 0.6 is 0 Å². The minimum atomic E-state index is -1.21.